The third kappa shape index (κ3) is 8.25. The molecule has 0 saturated heterocycles. The largest absolute Gasteiger partial charge is 1.00 e. The number of ketones is 1. The van der Waals surface area contributed by atoms with Crippen molar-refractivity contribution in [3.05, 3.63) is 24.4 Å². The molecule has 0 saturated carbocycles. The van der Waals surface area contributed by atoms with E-state index in [0.29, 0.717) is 12.0 Å². The van der Waals surface area contributed by atoms with Gasteiger partial charge in [-0.25, -0.2) is 5.10 Å². The van der Waals surface area contributed by atoms with Crippen molar-refractivity contribution in [3.63, 3.8) is 0 Å². The second-order valence-electron chi connectivity index (χ2n) is 2.92. The van der Waals surface area contributed by atoms with E-state index in [-0.39, 0.29) is 57.2 Å². The summed E-state index contributed by atoms with van der Waals surface area (Å²) in [6, 6.07) is 0. The van der Waals surface area contributed by atoms with Gasteiger partial charge in [-0.2, -0.15) is 0 Å². The average Bonchev–Trinajstić information content (AvgIpc) is 2.68. The zero-order valence-electron chi connectivity index (χ0n) is 10.6. The molecule has 1 aromatic heterocycles. The van der Waals surface area contributed by atoms with Crippen molar-refractivity contribution in [2.45, 2.75) is 40.2 Å². The van der Waals surface area contributed by atoms with E-state index in [1.165, 1.54) is 0 Å². The van der Waals surface area contributed by atoms with Crippen LogP contribution in [0.5, 0.6) is 0 Å². The zero-order chi connectivity index (χ0) is 11.7. The number of carbonyl (C=O) groups is 1. The van der Waals surface area contributed by atoms with E-state index in [2.05, 4.69) is 11.0 Å². The smallest absolute Gasteiger partial charge is 0.366 e. The van der Waals surface area contributed by atoms with E-state index in [1.807, 2.05) is 13.8 Å². The molecular formula is C12H17KN2O. The van der Waals surface area contributed by atoms with E-state index in [1.54, 1.807) is 24.0 Å². The Morgan fingerprint density at radius 2 is 2.19 bits per heavy atom. The van der Waals surface area contributed by atoms with Crippen LogP contribution in [0.25, 0.3) is 0 Å². The molecule has 0 N–H and O–H groups in total. The summed E-state index contributed by atoms with van der Waals surface area (Å²) in [5.74, 6) is 2.45. The van der Waals surface area contributed by atoms with Crippen LogP contribution in [0, 0.1) is 12.3 Å². The number of carbonyl (C=O) groups excluding carboxylic acids is 1. The number of rotatable bonds is 4. The Balaban J connectivity index is 0. The summed E-state index contributed by atoms with van der Waals surface area (Å²) >= 11 is 0. The van der Waals surface area contributed by atoms with Gasteiger partial charge in [-0.15, -0.1) is 0 Å². The minimum atomic E-state index is 0. The summed E-state index contributed by atoms with van der Waals surface area (Å²) in [5, 5.41) is 4.01. The Morgan fingerprint density at radius 1 is 1.56 bits per heavy atom. The minimum Gasteiger partial charge on any atom is -0.366 e. The molecule has 0 aliphatic carbocycles. The van der Waals surface area contributed by atoms with Gasteiger partial charge in [0.25, 0.3) is 0 Å². The Bertz CT molecular complexity index is 339. The molecule has 1 aromatic rings. The fourth-order valence-corrected chi connectivity index (χ4v) is 1.04. The molecular weight excluding hydrogens is 227 g/mol. The van der Waals surface area contributed by atoms with Gasteiger partial charge in [-0.1, -0.05) is 19.4 Å². The van der Waals surface area contributed by atoms with Gasteiger partial charge in [0, 0.05) is 13.0 Å². The number of nitrogens with zero attached hydrogens (tertiary/aromatic N) is 2. The zero-order valence-corrected chi connectivity index (χ0v) is 13.7. The monoisotopic (exact) mass is 244 g/mol. The summed E-state index contributed by atoms with van der Waals surface area (Å²) in [4.78, 5) is 10.6. The summed E-state index contributed by atoms with van der Waals surface area (Å²) in [5.41, 5.74) is 0.669. The number of aryl methyl sites for hydroxylation is 1. The third-order valence-corrected chi connectivity index (χ3v) is 1.69. The Kier molecular flexibility index (Phi) is 13.3. The molecule has 0 aromatic carbocycles. The van der Waals surface area contributed by atoms with Crippen molar-refractivity contribution < 1.29 is 56.2 Å². The minimum absolute atomic E-state index is 0. The first kappa shape index (κ1) is 18.4. The molecule has 0 atom stereocenters. The average molecular weight is 244 g/mol. The number of aromatic nitrogens is 2. The van der Waals surface area contributed by atoms with Crippen molar-refractivity contribution >= 4 is 5.78 Å². The molecule has 0 fully saturated rings. The van der Waals surface area contributed by atoms with E-state index in [0.717, 1.165) is 13.0 Å². The van der Waals surface area contributed by atoms with Crippen molar-refractivity contribution in [1.82, 2.24) is 9.78 Å². The Labute approximate surface area is 140 Å². The van der Waals surface area contributed by atoms with E-state index in [9.17, 15) is 4.79 Å². The number of hydrogen-bond donors (Lipinski definition) is 0. The van der Waals surface area contributed by atoms with Crippen LogP contribution in [0.2, 0.25) is 0 Å². The van der Waals surface area contributed by atoms with Crippen molar-refractivity contribution in [1.29, 1.82) is 0 Å². The van der Waals surface area contributed by atoms with Crippen LogP contribution in [0.15, 0.2) is 12.4 Å². The van der Waals surface area contributed by atoms with Crippen LogP contribution in [0.3, 0.4) is 0 Å². The fourth-order valence-electron chi connectivity index (χ4n) is 1.04. The van der Waals surface area contributed by atoms with Crippen molar-refractivity contribution in [2.75, 3.05) is 0 Å². The molecule has 1 heterocycles. The molecule has 1 rings (SSSR count). The van der Waals surface area contributed by atoms with Crippen LogP contribution in [-0.4, -0.2) is 15.6 Å². The van der Waals surface area contributed by atoms with Gasteiger partial charge >= 0.3 is 51.4 Å². The van der Waals surface area contributed by atoms with Crippen molar-refractivity contribution in [3.8, 4) is 5.92 Å². The van der Waals surface area contributed by atoms with Crippen LogP contribution in [0.1, 0.15) is 39.2 Å². The van der Waals surface area contributed by atoms with Crippen molar-refractivity contribution in [2.24, 2.45) is 0 Å². The summed E-state index contributed by atoms with van der Waals surface area (Å²) in [6.45, 7) is 6.31. The Morgan fingerprint density at radius 3 is 2.62 bits per heavy atom. The maximum atomic E-state index is 10.6. The normalized spacial score (nSPS) is 8.12. The molecule has 0 radical (unpaired) electrons. The van der Waals surface area contributed by atoms with Gasteiger partial charge in [0.1, 0.15) is 5.78 Å². The standard InChI is InChI=1S/C10H11N2O.C2H6.K/c1-3-10-7-11-12(8-10)6-4-5-9(2)13;1-2;/h7-8H,4-6H2,2H3;1-2H3;/q-1;;+1. The molecule has 0 aliphatic heterocycles. The number of hydrogen-bond acceptors (Lipinski definition) is 2. The quantitative estimate of drug-likeness (QED) is 0.396. The first-order valence-electron chi connectivity index (χ1n) is 5.17. The molecule has 0 unspecified atom stereocenters. The van der Waals surface area contributed by atoms with Gasteiger partial charge in [0.05, 0.1) is 0 Å². The molecule has 16 heavy (non-hydrogen) atoms. The summed E-state index contributed by atoms with van der Waals surface area (Å²) in [6.07, 6.45) is 11.6. The maximum Gasteiger partial charge on any atom is 1.00 e. The summed E-state index contributed by atoms with van der Waals surface area (Å²) in [7, 11) is 0. The third-order valence-electron chi connectivity index (χ3n) is 1.69. The predicted molar refractivity (Wildman–Crippen MR) is 59.7 cm³/mol. The first-order chi connectivity index (χ1) is 7.22. The molecule has 82 valence electrons. The van der Waals surface area contributed by atoms with Gasteiger partial charge in [-0.3, -0.25) is 10.6 Å². The molecule has 0 bridgehead atoms. The van der Waals surface area contributed by atoms with Gasteiger partial charge < -0.3 is 11.2 Å². The Hall–Kier alpha value is 0.0764. The second-order valence-corrected chi connectivity index (χ2v) is 2.92. The second kappa shape index (κ2) is 11.6. The van der Waals surface area contributed by atoms with Crippen LogP contribution < -0.4 is 51.4 Å². The molecule has 4 heteroatoms. The fraction of sp³-hybridized carbons (Fsp3) is 0.500. The maximum absolute atomic E-state index is 10.6. The van der Waals surface area contributed by atoms with Crippen LogP contribution >= 0.6 is 0 Å². The SMILES string of the molecule is CC.[C-]#Cc1cnn(CCCC(C)=O)c1.[K+]. The predicted octanol–water partition coefficient (Wildman–Crippen LogP) is -0.780. The van der Waals surface area contributed by atoms with Gasteiger partial charge in [0.2, 0.25) is 0 Å². The van der Waals surface area contributed by atoms with Crippen LogP contribution in [-0.2, 0) is 11.3 Å². The topological polar surface area (TPSA) is 34.9 Å². The van der Waals surface area contributed by atoms with E-state index >= 15 is 0 Å². The van der Waals surface area contributed by atoms with E-state index in [4.69, 9.17) is 6.42 Å². The van der Waals surface area contributed by atoms with Gasteiger partial charge in [-0.05, 0) is 25.7 Å². The molecule has 3 nitrogen and oxygen atoms in total. The first-order valence-corrected chi connectivity index (χ1v) is 5.17. The number of Topliss-reactive ketones (excluding diaryl/α,β-unsaturated/α-hetero) is 1. The molecule has 0 spiro atoms. The summed E-state index contributed by atoms with van der Waals surface area (Å²) < 4.78 is 1.72. The molecule has 0 amide bonds. The van der Waals surface area contributed by atoms with Crippen LogP contribution in [0.4, 0.5) is 0 Å². The molecule has 0 aliphatic rings. The van der Waals surface area contributed by atoms with E-state index < -0.39 is 0 Å². The van der Waals surface area contributed by atoms with Gasteiger partial charge in [0.15, 0.2) is 0 Å².